The Morgan fingerprint density at radius 1 is 1.18 bits per heavy atom. The summed E-state index contributed by atoms with van der Waals surface area (Å²) < 4.78 is 16.0. The van der Waals surface area contributed by atoms with Crippen LogP contribution in [0, 0.1) is 10.1 Å². The van der Waals surface area contributed by atoms with E-state index in [0.717, 1.165) is 10.5 Å². The van der Waals surface area contributed by atoms with Crippen LogP contribution < -0.4 is 9.47 Å². The average molecular weight is 487 g/mol. The Labute approximate surface area is 199 Å². The van der Waals surface area contributed by atoms with Gasteiger partial charge in [0.25, 0.3) is 16.8 Å². The summed E-state index contributed by atoms with van der Waals surface area (Å²) in [5.41, 5.74) is 0.569. The lowest BCUT2D eigenvalue weighted by Crippen LogP contribution is -2.35. The minimum atomic E-state index is -0.742. The summed E-state index contributed by atoms with van der Waals surface area (Å²) in [7, 11) is 1.38. The molecule has 0 unspecified atom stereocenters. The smallest absolute Gasteiger partial charge is 0.326 e. The number of carbonyl (C=O) groups excluding carboxylic acids is 3. The first-order chi connectivity index (χ1) is 16.2. The molecule has 0 bridgehead atoms. The van der Waals surface area contributed by atoms with Crippen LogP contribution in [0.15, 0.2) is 47.4 Å². The van der Waals surface area contributed by atoms with E-state index >= 15 is 0 Å². The third-order valence-electron chi connectivity index (χ3n) is 4.56. The van der Waals surface area contributed by atoms with E-state index in [9.17, 15) is 24.5 Å². The second kappa shape index (κ2) is 10.8. The van der Waals surface area contributed by atoms with Crippen LogP contribution >= 0.6 is 11.8 Å². The van der Waals surface area contributed by atoms with Crippen LogP contribution in [0.25, 0.3) is 6.08 Å². The number of hydrogen-bond acceptors (Lipinski definition) is 9. The van der Waals surface area contributed by atoms with Crippen LogP contribution in [0.1, 0.15) is 25.0 Å². The number of rotatable bonds is 9. The molecule has 0 atom stereocenters. The zero-order valence-electron chi connectivity index (χ0n) is 18.7. The van der Waals surface area contributed by atoms with E-state index in [2.05, 4.69) is 0 Å². The summed E-state index contributed by atoms with van der Waals surface area (Å²) in [6, 6.07) is 11.8. The third kappa shape index (κ3) is 5.93. The van der Waals surface area contributed by atoms with Gasteiger partial charge in [-0.25, -0.2) is 0 Å². The molecule has 2 aromatic carbocycles. The second-order valence-corrected chi connectivity index (χ2v) is 8.39. The van der Waals surface area contributed by atoms with Gasteiger partial charge in [0.05, 0.1) is 34.7 Å². The number of esters is 1. The summed E-state index contributed by atoms with van der Waals surface area (Å²) >= 11 is 0.579. The fourth-order valence-corrected chi connectivity index (χ4v) is 3.88. The van der Waals surface area contributed by atoms with Crippen LogP contribution in [-0.4, -0.2) is 46.7 Å². The Morgan fingerprint density at radius 3 is 2.50 bits per heavy atom. The lowest BCUT2D eigenvalue weighted by Gasteiger charge is -2.13. The van der Waals surface area contributed by atoms with Gasteiger partial charge in [-0.05, 0) is 43.3 Å². The SMILES string of the molecule is COc1cc(/C=C2/SC(=O)N(CC(=O)OC(C)C)C2=O)c([N+](=O)[O-])cc1OCc1ccccc1. The number of amides is 2. The molecule has 1 aliphatic heterocycles. The molecule has 3 rings (SSSR count). The molecule has 0 aromatic heterocycles. The average Bonchev–Trinajstić information content (AvgIpc) is 3.05. The molecule has 1 aliphatic rings. The first-order valence-electron chi connectivity index (χ1n) is 10.2. The van der Waals surface area contributed by atoms with Gasteiger partial charge in [-0.2, -0.15) is 0 Å². The van der Waals surface area contributed by atoms with E-state index in [4.69, 9.17) is 14.2 Å². The van der Waals surface area contributed by atoms with Crippen molar-refractivity contribution in [2.75, 3.05) is 13.7 Å². The zero-order chi connectivity index (χ0) is 24.8. The lowest BCUT2D eigenvalue weighted by atomic mass is 10.1. The van der Waals surface area contributed by atoms with Crippen molar-refractivity contribution in [1.82, 2.24) is 4.90 Å². The number of methoxy groups -OCH3 is 1. The highest BCUT2D eigenvalue weighted by atomic mass is 32.2. The van der Waals surface area contributed by atoms with Crippen molar-refractivity contribution in [3.05, 3.63) is 68.6 Å². The largest absolute Gasteiger partial charge is 0.493 e. The van der Waals surface area contributed by atoms with Gasteiger partial charge in [0.2, 0.25) is 0 Å². The van der Waals surface area contributed by atoms with Gasteiger partial charge in [0.15, 0.2) is 11.5 Å². The molecule has 1 saturated heterocycles. The Hall–Kier alpha value is -3.86. The molecule has 1 heterocycles. The molecule has 0 N–H and O–H groups in total. The molecule has 1 fully saturated rings. The molecular formula is C23H22N2O8S. The van der Waals surface area contributed by atoms with E-state index in [1.54, 1.807) is 13.8 Å². The number of carbonyl (C=O) groups is 3. The van der Waals surface area contributed by atoms with E-state index in [1.165, 1.54) is 25.3 Å². The molecule has 10 nitrogen and oxygen atoms in total. The molecule has 11 heteroatoms. The van der Waals surface area contributed by atoms with Gasteiger partial charge in [0.1, 0.15) is 13.2 Å². The molecular weight excluding hydrogens is 464 g/mol. The number of nitro groups is 1. The number of nitro benzene ring substituents is 1. The van der Waals surface area contributed by atoms with Gasteiger partial charge in [-0.15, -0.1) is 0 Å². The van der Waals surface area contributed by atoms with Crippen LogP contribution in [0.5, 0.6) is 11.5 Å². The van der Waals surface area contributed by atoms with Crippen molar-refractivity contribution in [1.29, 1.82) is 0 Å². The Balaban J connectivity index is 1.88. The van der Waals surface area contributed by atoms with E-state index in [1.807, 2.05) is 30.3 Å². The Kier molecular flexibility index (Phi) is 7.90. The maximum absolute atomic E-state index is 12.7. The minimum absolute atomic E-state index is 0.0455. The predicted octanol–water partition coefficient (Wildman–Crippen LogP) is 4.17. The number of benzene rings is 2. The van der Waals surface area contributed by atoms with Crippen LogP contribution in [0.2, 0.25) is 0 Å². The Bertz CT molecular complexity index is 1150. The number of thioether (sulfide) groups is 1. The number of nitrogens with zero attached hydrogens (tertiary/aromatic N) is 2. The highest BCUT2D eigenvalue weighted by Crippen LogP contribution is 2.39. The van der Waals surface area contributed by atoms with E-state index < -0.39 is 34.7 Å². The van der Waals surface area contributed by atoms with Crippen molar-refractivity contribution in [2.24, 2.45) is 0 Å². The molecule has 2 amide bonds. The fraction of sp³-hybridized carbons (Fsp3) is 0.261. The summed E-state index contributed by atoms with van der Waals surface area (Å²) in [6.45, 7) is 2.91. The zero-order valence-corrected chi connectivity index (χ0v) is 19.5. The molecule has 0 spiro atoms. The highest BCUT2D eigenvalue weighted by Gasteiger charge is 2.37. The highest BCUT2D eigenvalue weighted by molar-refractivity contribution is 8.18. The molecule has 34 heavy (non-hydrogen) atoms. The first kappa shape index (κ1) is 24.8. The number of ether oxygens (including phenoxy) is 3. The Morgan fingerprint density at radius 2 is 1.88 bits per heavy atom. The van der Waals surface area contributed by atoms with Crippen LogP contribution in [0.3, 0.4) is 0 Å². The van der Waals surface area contributed by atoms with Crippen molar-refractivity contribution in [3.63, 3.8) is 0 Å². The van der Waals surface area contributed by atoms with Gasteiger partial charge in [0, 0.05) is 0 Å². The molecule has 2 aromatic rings. The van der Waals surface area contributed by atoms with Crippen molar-refractivity contribution < 1.29 is 33.5 Å². The number of imide groups is 1. The van der Waals surface area contributed by atoms with Gasteiger partial charge < -0.3 is 14.2 Å². The fourth-order valence-electron chi connectivity index (χ4n) is 3.05. The minimum Gasteiger partial charge on any atom is -0.493 e. The third-order valence-corrected chi connectivity index (χ3v) is 5.47. The predicted molar refractivity (Wildman–Crippen MR) is 124 cm³/mol. The van der Waals surface area contributed by atoms with Crippen LogP contribution in [0.4, 0.5) is 10.5 Å². The standard InChI is InChI=1S/C23H22N2O8S/c1-14(2)33-21(26)12-24-22(27)20(34-23(24)28)10-16-9-18(31-3)19(11-17(16)25(29)30)32-13-15-7-5-4-6-8-15/h4-11,14H,12-13H2,1-3H3/b20-10+. The molecule has 0 aliphatic carbocycles. The van der Waals surface area contributed by atoms with Crippen molar-refractivity contribution in [2.45, 2.75) is 26.6 Å². The summed E-state index contributed by atoms with van der Waals surface area (Å²) in [6.07, 6.45) is 0.820. The molecule has 178 valence electrons. The van der Waals surface area contributed by atoms with Gasteiger partial charge in [-0.1, -0.05) is 30.3 Å². The maximum atomic E-state index is 12.7. The van der Waals surface area contributed by atoms with Crippen molar-refractivity contribution in [3.8, 4) is 11.5 Å². The summed E-state index contributed by atoms with van der Waals surface area (Å²) in [5.74, 6) is -1.10. The normalized spacial score (nSPS) is 14.6. The topological polar surface area (TPSA) is 125 Å². The summed E-state index contributed by atoms with van der Waals surface area (Å²) in [4.78, 5) is 48.6. The number of hydrogen-bond donors (Lipinski definition) is 0. The van der Waals surface area contributed by atoms with Gasteiger partial charge in [-0.3, -0.25) is 29.4 Å². The van der Waals surface area contributed by atoms with E-state index in [0.29, 0.717) is 11.8 Å². The lowest BCUT2D eigenvalue weighted by molar-refractivity contribution is -0.385. The monoisotopic (exact) mass is 486 g/mol. The quantitative estimate of drug-likeness (QED) is 0.222. The summed E-state index contributed by atoms with van der Waals surface area (Å²) in [5, 5.41) is 11.1. The molecule has 0 radical (unpaired) electrons. The first-order valence-corrected chi connectivity index (χ1v) is 11.0. The molecule has 0 saturated carbocycles. The maximum Gasteiger partial charge on any atom is 0.326 e. The second-order valence-electron chi connectivity index (χ2n) is 7.40. The van der Waals surface area contributed by atoms with Crippen molar-refractivity contribution >= 4 is 40.6 Å². The van der Waals surface area contributed by atoms with Crippen LogP contribution in [-0.2, 0) is 20.9 Å². The van der Waals surface area contributed by atoms with E-state index in [-0.39, 0.29) is 34.3 Å². The van der Waals surface area contributed by atoms with Gasteiger partial charge >= 0.3 is 5.97 Å².